The van der Waals surface area contributed by atoms with Crippen molar-refractivity contribution in [3.63, 3.8) is 0 Å². The summed E-state index contributed by atoms with van der Waals surface area (Å²) in [6.07, 6.45) is 6.21. The third kappa shape index (κ3) is 2.70. The first kappa shape index (κ1) is 12.4. The van der Waals surface area contributed by atoms with Crippen LogP contribution < -0.4 is 5.32 Å². The summed E-state index contributed by atoms with van der Waals surface area (Å²) in [4.78, 5) is 24.0. The Bertz CT molecular complexity index is 696. The first-order valence-electron chi connectivity index (χ1n) is 5.90. The normalized spacial score (nSPS) is 10.2. The molecule has 0 fully saturated rings. The topological polar surface area (TPSA) is 67.8 Å². The summed E-state index contributed by atoms with van der Waals surface area (Å²) >= 11 is 1.58. The van der Waals surface area contributed by atoms with E-state index in [0.29, 0.717) is 5.69 Å². The van der Waals surface area contributed by atoms with Crippen LogP contribution in [0.4, 0.5) is 5.69 Å². The third-order valence-electron chi connectivity index (χ3n) is 2.62. The van der Waals surface area contributed by atoms with Crippen LogP contribution in [0.2, 0.25) is 0 Å². The molecule has 0 saturated heterocycles. The molecule has 20 heavy (non-hydrogen) atoms. The highest BCUT2D eigenvalue weighted by molar-refractivity contribution is 7.13. The second kappa shape index (κ2) is 5.58. The van der Waals surface area contributed by atoms with E-state index in [9.17, 15) is 4.79 Å². The zero-order chi connectivity index (χ0) is 13.8. The summed E-state index contributed by atoms with van der Waals surface area (Å²) in [6.45, 7) is 0. The van der Waals surface area contributed by atoms with E-state index in [0.717, 1.165) is 10.6 Å². The van der Waals surface area contributed by atoms with Crippen molar-refractivity contribution in [2.45, 2.75) is 0 Å². The molecule has 1 N–H and O–H groups in total. The minimum atomic E-state index is -0.278. The van der Waals surface area contributed by atoms with Crippen molar-refractivity contribution in [3.8, 4) is 10.6 Å². The zero-order valence-electron chi connectivity index (χ0n) is 10.4. The van der Waals surface area contributed by atoms with Crippen molar-refractivity contribution in [1.29, 1.82) is 0 Å². The monoisotopic (exact) mass is 282 g/mol. The summed E-state index contributed by atoms with van der Waals surface area (Å²) in [7, 11) is 0. The number of aromatic nitrogens is 3. The fourth-order valence-electron chi connectivity index (χ4n) is 1.67. The van der Waals surface area contributed by atoms with Crippen LogP contribution in [0.25, 0.3) is 10.6 Å². The number of benzene rings is 1. The molecule has 2 heterocycles. The Morgan fingerprint density at radius 1 is 1.05 bits per heavy atom. The van der Waals surface area contributed by atoms with Crippen molar-refractivity contribution >= 4 is 22.9 Å². The van der Waals surface area contributed by atoms with Gasteiger partial charge in [-0.05, 0) is 24.3 Å². The van der Waals surface area contributed by atoms with Gasteiger partial charge < -0.3 is 5.32 Å². The smallest absolute Gasteiger partial charge is 0.275 e. The van der Waals surface area contributed by atoms with Crippen molar-refractivity contribution in [2.75, 3.05) is 5.32 Å². The second-order valence-corrected chi connectivity index (χ2v) is 4.85. The Labute approximate surface area is 119 Å². The Hall–Kier alpha value is -2.60. The molecule has 6 heteroatoms. The zero-order valence-corrected chi connectivity index (χ0v) is 11.2. The van der Waals surface area contributed by atoms with E-state index in [4.69, 9.17) is 0 Å². The maximum Gasteiger partial charge on any atom is 0.275 e. The lowest BCUT2D eigenvalue weighted by molar-refractivity contribution is 0.102. The molecule has 3 aromatic rings. The highest BCUT2D eigenvalue weighted by Crippen LogP contribution is 2.23. The van der Waals surface area contributed by atoms with Gasteiger partial charge in [0.2, 0.25) is 0 Å². The van der Waals surface area contributed by atoms with Gasteiger partial charge in [-0.25, -0.2) is 9.97 Å². The number of rotatable bonds is 3. The molecule has 0 bridgehead atoms. The fourth-order valence-corrected chi connectivity index (χ4v) is 2.32. The van der Waals surface area contributed by atoms with Crippen LogP contribution in [-0.2, 0) is 0 Å². The number of thiazole rings is 1. The van der Waals surface area contributed by atoms with Gasteiger partial charge >= 0.3 is 0 Å². The Balaban J connectivity index is 1.74. The van der Waals surface area contributed by atoms with Crippen LogP contribution in [0, 0.1) is 0 Å². The largest absolute Gasteiger partial charge is 0.321 e. The number of carbonyl (C=O) groups is 1. The highest BCUT2D eigenvalue weighted by atomic mass is 32.1. The Morgan fingerprint density at radius 3 is 2.55 bits per heavy atom. The Morgan fingerprint density at radius 2 is 1.90 bits per heavy atom. The van der Waals surface area contributed by atoms with Crippen molar-refractivity contribution in [3.05, 3.63) is 60.1 Å². The molecule has 0 aliphatic carbocycles. The van der Waals surface area contributed by atoms with E-state index in [1.807, 2.05) is 29.6 Å². The number of hydrogen-bond donors (Lipinski definition) is 1. The van der Waals surface area contributed by atoms with Gasteiger partial charge in [-0.15, -0.1) is 11.3 Å². The average Bonchev–Trinajstić information content (AvgIpc) is 3.03. The van der Waals surface area contributed by atoms with E-state index >= 15 is 0 Å². The van der Waals surface area contributed by atoms with Crippen LogP contribution in [0.3, 0.4) is 0 Å². The second-order valence-electron chi connectivity index (χ2n) is 3.96. The molecule has 0 saturated carbocycles. The van der Waals surface area contributed by atoms with Gasteiger partial charge in [0.1, 0.15) is 10.7 Å². The molecular formula is C14H10N4OS. The van der Waals surface area contributed by atoms with Crippen molar-refractivity contribution in [2.24, 2.45) is 0 Å². The summed E-state index contributed by atoms with van der Waals surface area (Å²) in [5, 5.41) is 5.66. The van der Waals surface area contributed by atoms with Gasteiger partial charge in [0.15, 0.2) is 0 Å². The molecule has 1 aromatic carbocycles. The number of nitrogens with zero attached hydrogens (tertiary/aromatic N) is 3. The molecule has 3 rings (SSSR count). The lowest BCUT2D eigenvalue weighted by Crippen LogP contribution is -2.13. The molecule has 2 aromatic heterocycles. The number of carbonyl (C=O) groups excluding carboxylic acids is 1. The highest BCUT2D eigenvalue weighted by Gasteiger charge is 2.07. The standard InChI is InChI=1S/C14H10N4OS/c19-13(12-9-15-5-6-16-12)18-11-3-1-10(2-4-11)14-17-7-8-20-14/h1-9H,(H,18,19). The number of anilines is 1. The molecule has 0 atom stereocenters. The van der Waals surface area contributed by atoms with Crippen molar-refractivity contribution in [1.82, 2.24) is 15.0 Å². The first-order chi connectivity index (χ1) is 9.83. The van der Waals surface area contributed by atoms with Gasteiger partial charge in [0, 0.05) is 35.2 Å². The molecule has 98 valence electrons. The predicted molar refractivity (Wildman–Crippen MR) is 77.5 cm³/mol. The van der Waals surface area contributed by atoms with E-state index in [2.05, 4.69) is 20.3 Å². The lowest BCUT2D eigenvalue weighted by Gasteiger charge is -2.04. The quantitative estimate of drug-likeness (QED) is 0.802. The molecular weight excluding hydrogens is 272 g/mol. The SMILES string of the molecule is O=C(Nc1ccc(-c2nccs2)cc1)c1cnccn1. The molecule has 1 amide bonds. The van der Waals surface area contributed by atoms with E-state index in [1.54, 1.807) is 17.5 Å². The molecule has 0 spiro atoms. The van der Waals surface area contributed by atoms with Gasteiger partial charge in [0.05, 0.1) is 6.20 Å². The summed E-state index contributed by atoms with van der Waals surface area (Å²) < 4.78 is 0. The van der Waals surface area contributed by atoms with Crippen LogP contribution in [0.5, 0.6) is 0 Å². The molecule has 0 radical (unpaired) electrons. The minimum absolute atomic E-state index is 0.278. The molecule has 0 aliphatic rings. The van der Waals surface area contributed by atoms with Crippen LogP contribution in [-0.4, -0.2) is 20.9 Å². The average molecular weight is 282 g/mol. The van der Waals surface area contributed by atoms with Crippen LogP contribution >= 0.6 is 11.3 Å². The predicted octanol–water partition coefficient (Wildman–Crippen LogP) is 2.85. The maximum atomic E-state index is 11.9. The van der Waals surface area contributed by atoms with Crippen molar-refractivity contribution < 1.29 is 4.79 Å². The lowest BCUT2D eigenvalue weighted by atomic mass is 10.2. The number of nitrogens with one attached hydrogen (secondary N) is 1. The van der Waals surface area contributed by atoms with Gasteiger partial charge in [-0.2, -0.15) is 0 Å². The van der Waals surface area contributed by atoms with E-state index in [1.165, 1.54) is 18.6 Å². The van der Waals surface area contributed by atoms with Crippen LogP contribution in [0.1, 0.15) is 10.5 Å². The van der Waals surface area contributed by atoms with Crippen LogP contribution in [0.15, 0.2) is 54.4 Å². The molecule has 0 aliphatic heterocycles. The van der Waals surface area contributed by atoms with Gasteiger partial charge in [-0.1, -0.05) is 0 Å². The third-order valence-corrected chi connectivity index (χ3v) is 3.44. The van der Waals surface area contributed by atoms with E-state index < -0.39 is 0 Å². The summed E-state index contributed by atoms with van der Waals surface area (Å²) in [5.41, 5.74) is 2.02. The molecule has 5 nitrogen and oxygen atoms in total. The van der Waals surface area contributed by atoms with E-state index in [-0.39, 0.29) is 11.6 Å². The minimum Gasteiger partial charge on any atom is -0.321 e. The molecule has 0 unspecified atom stereocenters. The Kier molecular flexibility index (Phi) is 3.47. The first-order valence-corrected chi connectivity index (χ1v) is 6.78. The fraction of sp³-hybridized carbons (Fsp3) is 0. The number of hydrogen-bond acceptors (Lipinski definition) is 5. The van der Waals surface area contributed by atoms with Gasteiger partial charge in [-0.3, -0.25) is 9.78 Å². The summed E-state index contributed by atoms with van der Waals surface area (Å²) in [6, 6.07) is 7.52. The maximum absolute atomic E-state index is 11.9. The number of amides is 1. The summed E-state index contributed by atoms with van der Waals surface area (Å²) in [5.74, 6) is -0.278. The van der Waals surface area contributed by atoms with Gasteiger partial charge in [0.25, 0.3) is 5.91 Å².